The monoisotopic (exact) mass is 301 g/mol. The van der Waals surface area contributed by atoms with Crippen molar-refractivity contribution in [3.05, 3.63) is 24.3 Å². The second-order valence-corrected chi connectivity index (χ2v) is 6.72. The number of para-hydroxylation sites is 1. The van der Waals surface area contributed by atoms with Crippen molar-refractivity contribution in [3.63, 3.8) is 0 Å². The van der Waals surface area contributed by atoms with Gasteiger partial charge in [-0.1, -0.05) is 18.2 Å². The van der Waals surface area contributed by atoms with Crippen molar-refractivity contribution < 1.29 is 9.53 Å². The number of aromatic amines is 1. The Bertz CT molecular complexity index is 679. The van der Waals surface area contributed by atoms with Crippen LogP contribution < -0.4 is 10.2 Å². The van der Waals surface area contributed by atoms with Gasteiger partial charge in [0.15, 0.2) is 0 Å². The number of carbonyl (C=O) groups excluding carboxylic acids is 1. The molecule has 0 saturated carbocycles. The fraction of sp³-hybridized carbons (Fsp3) is 0.471. The van der Waals surface area contributed by atoms with Crippen molar-refractivity contribution >= 4 is 28.5 Å². The highest BCUT2D eigenvalue weighted by molar-refractivity contribution is 6.03. The van der Waals surface area contributed by atoms with Crippen molar-refractivity contribution in [2.75, 3.05) is 23.3 Å². The first-order chi connectivity index (χ1) is 10.4. The van der Waals surface area contributed by atoms with Gasteiger partial charge < -0.3 is 14.6 Å². The van der Waals surface area contributed by atoms with Gasteiger partial charge in [-0.25, -0.2) is 4.79 Å². The number of hydrogen-bond donors (Lipinski definition) is 2. The standard InChI is InChI=1S/C17H23N3O2/c1-17(2,3)22-16(21)19-15-14(20-10-6-7-11-20)12-8-4-5-9-13(12)18-15/h4-5,8-9,18H,6-7,10-11H2,1-3H3,(H,19,21). The van der Waals surface area contributed by atoms with Crippen LogP contribution in [0.25, 0.3) is 10.9 Å². The third kappa shape index (κ3) is 3.03. The summed E-state index contributed by atoms with van der Waals surface area (Å²) in [7, 11) is 0. The summed E-state index contributed by atoms with van der Waals surface area (Å²) in [4.78, 5) is 17.7. The zero-order valence-electron chi connectivity index (χ0n) is 13.4. The van der Waals surface area contributed by atoms with Gasteiger partial charge in [-0.2, -0.15) is 0 Å². The molecule has 118 valence electrons. The van der Waals surface area contributed by atoms with Crippen LogP contribution in [0, 0.1) is 0 Å². The van der Waals surface area contributed by atoms with E-state index in [9.17, 15) is 4.79 Å². The Morgan fingerprint density at radius 3 is 2.59 bits per heavy atom. The number of rotatable bonds is 2. The van der Waals surface area contributed by atoms with Crippen molar-refractivity contribution in [2.24, 2.45) is 0 Å². The molecule has 0 bridgehead atoms. The van der Waals surface area contributed by atoms with E-state index in [0.29, 0.717) is 0 Å². The number of nitrogens with zero attached hydrogens (tertiary/aromatic N) is 1. The third-order valence-corrected chi connectivity index (χ3v) is 3.73. The fourth-order valence-electron chi connectivity index (χ4n) is 2.89. The number of hydrogen-bond acceptors (Lipinski definition) is 3. The van der Waals surface area contributed by atoms with Gasteiger partial charge >= 0.3 is 6.09 Å². The first kappa shape index (κ1) is 14.8. The molecule has 5 heteroatoms. The zero-order valence-corrected chi connectivity index (χ0v) is 13.4. The summed E-state index contributed by atoms with van der Waals surface area (Å²) >= 11 is 0. The summed E-state index contributed by atoms with van der Waals surface area (Å²) in [5.74, 6) is 0.720. The largest absolute Gasteiger partial charge is 0.444 e. The zero-order chi connectivity index (χ0) is 15.7. The molecule has 0 aliphatic carbocycles. The Balaban J connectivity index is 1.94. The van der Waals surface area contributed by atoms with Crippen LogP contribution in [0.1, 0.15) is 33.6 Å². The van der Waals surface area contributed by atoms with Crippen LogP contribution in [-0.4, -0.2) is 29.8 Å². The van der Waals surface area contributed by atoms with Gasteiger partial charge in [0.05, 0.1) is 5.69 Å². The van der Waals surface area contributed by atoms with Gasteiger partial charge in [-0.05, 0) is 39.7 Å². The summed E-state index contributed by atoms with van der Waals surface area (Å²) in [5, 5.41) is 4.01. The summed E-state index contributed by atoms with van der Waals surface area (Å²) in [6.45, 7) is 7.62. The summed E-state index contributed by atoms with van der Waals surface area (Å²) in [5.41, 5.74) is 1.58. The molecule has 22 heavy (non-hydrogen) atoms. The molecule has 5 nitrogen and oxygen atoms in total. The highest BCUT2D eigenvalue weighted by Crippen LogP contribution is 2.36. The second kappa shape index (κ2) is 5.55. The normalized spacial score (nSPS) is 15.3. The van der Waals surface area contributed by atoms with E-state index < -0.39 is 11.7 Å². The smallest absolute Gasteiger partial charge is 0.413 e. The lowest BCUT2D eigenvalue weighted by Gasteiger charge is -2.22. The Hall–Kier alpha value is -2.17. The van der Waals surface area contributed by atoms with E-state index in [1.54, 1.807) is 0 Å². The highest BCUT2D eigenvalue weighted by atomic mass is 16.6. The molecule has 0 atom stereocenters. The topological polar surface area (TPSA) is 57.4 Å². The van der Waals surface area contributed by atoms with Gasteiger partial charge in [0.2, 0.25) is 0 Å². The number of amides is 1. The average Bonchev–Trinajstić information content (AvgIpc) is 3.01. The summed E-state index contributed by atoms with van der Waals surface area (Å²) < 4.78 is 5.37. The Kier molecular flexibility index (Phi) is 3.72. The molecule has 0 unspecified atom stereocenters. The van der Waals surface area contributed by atoms with Crippen LogP contribution in [0.15, 0.2) is 24.3 Å². The van der Waals surface area contributed by atoms with Gasteiger partial charge in [-0.15, -0.1) is 0 Å². The van der Waals surface area contributed by atoms with E-state index in [-0.39, 0.29) is 0 Å². The number of anilines is 2. The molecule has 1 saturated heterocycles. The van der Waals surface area contributed by atoms with Crippen molar-refractivity contribution in [1.29, 1.82) is 0 Å². The van der Waals surface area contributed by atoms with E-state index >= 15 is 0 Å². The Morgan fingerprint density at radius 1 is 1.23 bits per heavy atom. The SMILES string of the molecule is CC(C)(C)OC(=O)Nc1[nH]c2ccccc2c1N1CCCC1. The fourth-order valence-corrected chi connectivity index (χ4v) is 2.89. The molecule has 0 spiro atoms. The van der Waals surface area contributed by atoms with Gasteiger partial charge in [0, 0.05) is 24.0 Å². The van der Waals surface area contributed by atoms with Crippen molar-refractivity contribution in [3.8, 4) is 0 Å². The molecule has 3 rings (SSSR count). The minimum atomic E-state index is -0.510. The Labute approximate surface area is 130 Å². The number of benzene rings is 1. The quantitative estimate of drug-likeness (QED) is 0.877. The van der Waals surface area contributed by atoms with Crippen LogP contribution in [0.2, 0.25) is 0 Å². The molecular weight excluding hydrogens is 278 g/mol. The van der Waals surface area contributed by atoms with Crippen LogP contribution in [0.3, 0.4) is 0 Å². The molecule has 2 N–H and O–H groups in total. The van der Waals surface area contributed by atoms with Crippen molar-refractivity contribution in [1.82, 2.24) is 4.98 Å². The molecule has 1 aromatic heterocycles. The Morgan fingerprint density at radius 2 is 1.91 bits per heavy atom. The number of fused-ring (bicyclic) bond motifs is 1. The first-order valence-corrected chi connectivity index (χ1v) is 7.80. The molecule has 1 aliphatic rings. The number of ether oxygens (including phenoxy) is 1. The minimum absolute atomic E-state index is 0.431. The summed E-state index contributed by atoms with van der Waals surface area (Å²) in [6, 6.07) is 8.12. The predicted molar refractivity (Wildman–Crippen MR) is 89.6 cm³/mol. The van der Waals surface area contributed by atoms with Gasteiger partial charge in [0.25, 0.3) is 0 Å². The van der Waals surface area contributed by atoms with E-state index in [2.05, 4.69) is 21.3 Å². The van der Waals surface area contributed by atoms with Gasteiger partial charge in [0.1, 0.15) is 11.4 Å². The summed E-state index contributed by atoms with van der Waals surface area (Å²) in [6.07, 6.45) is 1.94. The maximum atomic E-state index is 12.1. The highest BCUT2D eigenvalue weighted by Gasteiger charge is 2.23. The number of aromatic nitrogens is 1. The lowest BCUT2D eigenvalue weighted by molar-refractivity contribution is 0.0635. The van der Waals surface area contributed by atoms with Crippen LogP contribution in [0.4, 0.5) is 16.3 Å². The number of nitrogens with one attached hydrogen (secondary N) is 2. The average molecular weight is 301 g/mol. The molecule has 1 amide bonds. The van der Waals surface area contributed by atoms with Crippen LogP contribution in [0.5, 0.6) is 0 Å². The first-order valence-electron chi connectivity index (χ1n) is 7.80. The number of H-pyrrole nitrogens is 1. The molecule has 0 radical (unpaired) electrons. The lowest BCUT2D eigenvalue weighted by Crippen LogP contribution is -2.28. The van der Waals surface area contributed by atoms with E-state index in [1.165, 1.54) is 12.8 Å². The molecule has 1 fully saturated rings. The maximum Gasteiger partial charge on any atom is 0.413 e. The van der Waals surface area contributed by atoms with Crippen molar-refractivity contribution in [2.45, 2.75) is 39.2 Å². The van der Waals surface area contributed by atoms with E-state index in [1.807, 2.05) is 39.0 Å². The molecule has 1 aliphatic heterocycles. The van der Waals surface area contributed by atoms with Crippen LogP contribution >= 0.6 is 0 Å². The van der Waals surface area contributed by atoms with Gasteiger partial charge in [-0.3, -0.25) is 5.32 Å². The maximum absolute atomic E-state index is 12.1. The van der Waals surface area contributed by atoms with Crippen LogP contribution in [-0.2, 0) is 4.74 Å². The molecule has 1 aromatic carbocycles. The predicted octanol–water partition coefficient (Wildman–Crippen LogP) is 4.12. The third-order valence-electron chi connectivity index (χ3n) is 3.73. The number of carbonyl (C=O) groups is 1. The van der Waals surface area contributed by atoms with E-state index in [4.69, 9.17) is 4.74 Å². The molecule has 2 heterocycles. The molecule has 2 aromatic rings. The molecular formula is C17H23N3O2. The minimum Gasteiger partial charge on any atom is -0.444 e. The van der Waals surface area contributed by atoms with E-state index in [0.717, 1.165) is 35.5 Å². The lowest BCUT2D eigenvalue weighted by atomic mass is 10.2. The second-order valence-electron chi connectivity index (χ2n) is 6.72.